The highest BCUT2D eigenvalue weighted by Crippen LogP contribution is 2.03. The molecule has 0 fully saturated rings. The fraction of sp³-hybridized carbons (Fsp3) is 0.176. The lowest BCUT2D eigenvalue weighted by molar-refractivity contribution is 0.141. The molecule has 0 bridgehead atoms. The summed E-state index contributed by atoms with van der Waals surface area (Å²) in [7, 11) is 0. The molecule has 0 saturated heterocycles. The first-order valence-corrected chi connectivity index (χ1v) is 6.72. The highest BCUT2D eigenvalue weighted by atomic mass is 19.1. The van der Waals surface area contributed by atoms with Crippen molar-refractivity contribution >= 4 is 6.09 Å². The maximum absolute atomic E-state index is 13.0. The third kappa shape index (κ3) is 4.91. The second kappa shape index (κ2) is 7.79. The largest absolute Gasteiger partial charge is 0.445 e. The van der Waals surface area contributed by atoms with Gasteiger partial charge in [0.1, 0.15) is 18.1 Å². The van der Waals surface area contributed by atoms with Crippen molar-refractivity contribution in [3.63, 3.8) is 0 Å². The highest BCUT2D eigenvalue weighted by molar-refractivity contribution is 5.67. The van der Waals surface area contributed by atoms with Gasteiger partial charge in [-0.15, -0.1) is 0 Å². The average Bonchev–Trinajstić information content (AvgIpc) is 2.54. The summed E-state index contributed by atoms with van der Waals surface area (Å²) < 4.78 is 18.1. The topological polar surface area (TPSA) is 51.2 Å². The molecule has 22 heavy (non-hydrogen) atoms. The second-order valence-electron chi connectivity index (χ2n) is 4.48. The number of hydrogen-bond donors (Lipinski definition) is 1. The molecule has 1 N–H and O–H groups in total. The van der Waals surface area contributed by atoms with E-state index in [1.807, 2.05) is 30.3 Å². The first-order chi connectivity index (χ1) is 10.6. The summed E-state index contributed by atoms with van der Waals surface area (Å²) in [6.45, 7) is 1.91. The van der Waals surface area contributed by atoms with Gasteiger partial charge in [0, 0.05) is 0 Å². The Balaban J connectivity index is 1.75. The lowest BCUT2D eigenvalue weighted by Crippen LogP contribution is -2.24. The maximum atomic E-state index is 13.0. The monoisotopic (exact) mass is 298 g/mol. The molecule has 1 heterocycles. The molecule has 1 aromatic heterocycles. The molecule has 0 spiro atoms. The second-order valence-corrected chi connectivity index (χ2v) is 4.48. The third-order valence-corrected chi connectivity index (χ3v) is 2.77. The van der Waals surface area contributed by atoms with Crippen molar-refractivity contribution in [2.45, 2.75) is 13.5 Å². The molecule has 5 heteroatoms. The molecule has 0 unspecified atom stereocenters. The molecule has 112 valence electrons. The normalized spacial score (nSPS) is 9.55. The summed E-state index contributed by atoms with van der Waals surface area (Å²) >= 11 is 0. The SMILES string of the molecule is Cc1nc(C#CCNC(=O)OCc2ccccc2)ccc1F. The van der Waals surface area contributed by atoms with E-state index in [9.17, 15) is 9.18 Å². The number of rotatable bonds is 3. The van der Waals surface area contributed by atoms with Crippen molar-refractivity contribution in [1.82, 2.24) is 10.3 Å². The van der Waals surface area contributed by atoms with Crippen molar-refractivity contribution in [1.29, 1.82) is 0 Å². The number of aromatic nitrogens is 1. The summed E-state index contributed by atoms with van der Waals surface area (Å²) in [6.07, 6.45) is -0.540. The van der Waals surface area contributed by atoms with E-state index in [1.54, 1.807) is 6.92 Å². The summed E-state index contributed by atoms with van der Waals surface area (Å²) in [5, 5.41) is 2.51. The number of pyridine rings is 1. The van der Waals surface area contributed by atoms with Crippen molar-refractivity contribution < 1.29 is 13.9 Å². The van der Waals surface area contributed by atoms with Gasteiger partial charge in [0.2, 0.25) is 0 Å². The van der Waals surface area contributed by atoms with Gasteiger partial charge in [-0.2, -0.15) is 0 Å². The van der Waals surface area contributed by atoms with Crippen LogP contribution in [0.15, 0.2) is 42.5 Å². The highest BCUT2D eigenvalue weighted by Gasteiger charge is 2.00. The van der Waals surface area contributed by atoms with E-state index in [2.05, 4.69) is 22.1 Å². The number of halogens is 1. The molecule has 4 nitrogen and oxygen atoms in total. The van der Waals surface area contributed by atoms with E-state index < -0.39 is 6.09 Å². The molecule has 0 aliphatic carbocycles. The van der Waals surface area contributed by atoms with Crippen LogP contribution in [0.3, 0.4) is 0 Å². The van der Waals surface area contributed by atoms with E-state index in [4.69, 9.17) is 4.74 Å². The molecule has 2 aromatic rings. The average molecular weight is 298 g/mol. The van der Waals surface area contributed by atoms with Crippen LogP contribution in [0.25, 0.3) is 0 Å². The molecule has 1 aromatic carbocycles. The summed E-state index contributed by atoms with van der Waals surface area (Å²) in [5.74, 6) is 5.11. The van der Waals surface area contributed by atoms with Crippen LogP contribution in [-0.4, -0.2) is 17.6 Å². The lowest BCUT2D eigenvalue weighted by atomic mass is 10.2. The van der Waals surface area contributed by atoms with E-state index in [0.717, 1.165) is 5.56 Å². The van der Waals surface area contributed by atoms with Crippen molar-refractivity contribution in [3.8, 4) is 11.8 Å². The number of nitrogens with zero attached hydrogens (tertiary/aromatic N) is 1. The van der Waals surface area contributed by atoms with Crippen LogP contribution in [0.4, 0.5) is 9.18 Å². The zero-order valence-corrected chi connectivity index (χ0v) is 12.1. The van der Waals surface area contributed by atoms with Gasteiger partial charge in [-0.05, 0) is 30.5 Å². The molecule has 2 rings (SSSR count). The number of nitrogens with one attached hydrogen (secondary N) is 1. The number of ether oxygens (including phenoxy) is 1. The van der Waals surface area contributed by atoms with Gasteiger partial charge in [0.25, 0.3) is 0 Å². The standard InChI is InChI=1S/C17H15FN2O2/c1-13-16(18)10-9-15(20-13)8-5-11-19-17(21)22-12-14-6-3-2-4-7-14/h2-4,6-7,9-10H,11-12H2,1H3,(H,19,21). The van der Waals surface area contributed by atoms with Crippen LogP contribution in [0.1, 0.15) is 17.0 Å². The van der Waals surface area contributed by atoms with Gasteiger partial charge in [0.05, 0.1) is 12.2 Å². The number of hydrogen-bond acceptors (Lipinski definition) is 3. The number of benzene rings is 1. The number of amides is 1. The van der Waals surface area contributed by atoms with E-state index >= 15 is 0 Å². The van der Waals surface area contributed by atoms with Gasteiger partial charge >= 0.3 is 6.09 Å². The summed E-state index contributed by atoms with van der Waals surface area (Å²) in [6, 6.07) is 12.2. The molecule has 0 aliphatic heterocycles. The summed E-state index contributed by atoms with van der Waals surface area (Å²) in [4.78, 5) is 15.4. The van der Waals surface area contributed by atoms with Gasteiger partial charge in [-0.3, -0.25) is 0 Å². The van der Waals surface area contributed by atoms with Crippen LogP contribution < -0.4 is 5.32 Å². The fourth-order valence-corrected chi connectivity index (χ4v) is 1.64. The van der Waals surface area contributed by atoms with Crippen molar-refractivity contribution in [3.05, 3.63) is 65.2 Å². The van der Waals surface area contributed by atoms with Gasteiger partial charge in [-0.1, -0.05) is 36.3 Å². The van der Waals surface area contributed by atoms with E-state index in [-0.39, 0.29) is 19.0 Å². The molecule has 0 atom stereocenters. The Hall–Kier alpha value is -2.87. The number of carbonyl (C=O) groups excluding carboxylic acids is 1. The van der Waals surface area contributed by atoms with Crippen LogP contribution >= 0.6 is 0 Å². The van der Waals surface area contributed by atoms with E-state index in [1.165, 1.54) is 12.1 Å². The third-order valence-electron chi connectivity index (χ3n) is 2.77. The van der Waals surface area contributed by atoms with Crippen molar-refractivity contribution in [2.75, 3.05) is 6.54 Å². The van der Waals surface area contributed by atoms with Gasteiger partial charge in [0.15, 0.2) is 0 Å². The fourth-order valence-electron chi connectivity index (χ4n) is 1.64. The Labute approximate surface area is 128 Å². The summed E-state index contributed by atoms with van der Waals surface area (Å²) in [5.41, 5.74) is 1.66. The first kappa shape index (κ1) is 15.5. The Morgan fingerprint density at radius 3 is 2.77 bits per heavy atom. The van der Waals surface area contributed by atoms with Crippen molar-refractivity contribution in [2.24, 2.45) is 0 Å². The maximum Gasteiger partial charge on any atom is 0.408 e. The quantitative estimate of drug-likeness (QED) is 0.887. The Morgan fingerprint density at radius 1 is 1.27 bits per heavy atom. The van der Waals surface area contributed by atoms with Gasteiger partial charge < -0.3 is 10.1 Å². The smallest absolute Gasteiger partial charge is 0.408 e. The Morgan fingerprint density at radius 2 is 2.05 bits per heavy atom. The number of aryl methyl sites for hydroxylation is 1. The minimum absolute atomic E-state index is 0.131. The van der Waals surface area contributed by atoms with Gasteiger partial charge in [-0.25, -0.2) is 14.2 Å². The Kier molecular flexibility index (Phi) is 5.50. The molecular weight excluding hydrogens is 283 g/mol. The predicted octanol–water partition coefficient (Wildman–Crippen LogP) is 2.81. The minimum Gasteiger partial charge on any atom is -0.445 e. The van der Waals surface area contributed by atoms with Crippen LogP contribution in [-0.2, 0) is 11.3 Å². The minimum atomic E-state index is -0.540. The number of carbonyl (C=O) groups is 1. The van der Waals surface area contributed by atoms with E-state index in [0.29, 0.717) is 11.4 Å². The van der Waals surface area contributed by atoms with Crippen LogP contribution in [0, 0.1) is 24.6 Å². The lowest BCUT2D eigenvalue weighted by Gasteiger charge is -2.04. The predicted molar refractivity (Wildman–Crippen MR) is 80.4 cm³/mol. The first-order valence-electron chi connectivity index (χ1n) is 6.72. The Bertz CT molecular complexity index is 706. The molecule has 1 amide bonds. The number of alkyl carbamates (subject to hydrolysis) is 1. The molecular formula is C17H15FN2O2. The molecule has 0 aliphatic rings. The molecule has 0 saturated carbocycles. The zero-order chi connectivity index (χ0) is 15.8. The van der Waals surface area contributed by atoms with Crippen LogP contribution in [0.5, 0.6) is 0 Å². The zero-order valence-electron chi connectivity index (χ0n) is 12.1. The molecule has 0 radical (unpaired) electrons. The van der Waals surface area contributed by atoms with Crippen LogP contribution in [0.2, 0.25) is 0 Å².